The monoisotopic (exact) mass is 236 g/mol. The van der Waals surface area contributed by atoms with E-state index >= 15 is 0 Å². The predicted molar refractivity (Wildman–Crippen MR) is 63.4 cm³/mol. The predicted octanol–water partition coefficient (Wildman–Crippen LogP) is 3.38. The van der Waals surface area contributed by atoms with Crippen molar-refractivity contribution < 1.29 is 9.52 Å². The number of hydrogen-bond acceptors (Lipinski definition) is 2. The first-order valence-electron chi connectivity index (χ1n) is 5.09. The van der Waals surface area contributed by atoms with Crippen LogP contribution in [0.3, 0.4) is 0 Å². The number of aliphatic hydroxyl groups is 1. The van der Waals surface area contributed by atoms with Gasteiger partial charge in [-0.2, -0.15) is 0 Å². The molecule has 0 aliphatic rings. The van der Waals surface area contributed by atoms with E-state index in [0.29, 0.717) is 17.0 Å². The Kier molecular flexibility index (Phi) is 3.03. The highest BCUT2D eigenvalue weighted by atomic mass is 35.5. The van der Waals surface area contributed by atoms with Gasteiger partial charge < -0.3 is 9.52 Å². The van der Waals surface area contributed by atoms with Crippen LogP contribution in [0.25, 0.3) is 0 Å². The second-order valence-electron chi connectivity index (χ2n) is 4.01. The number of rotatable bonds is 3. The first kappa shape index (κ1) is 11.2. The third kappa shape index (κ3) is 2.29. The van der Waals surface area contributed by atoms with Gasteiger partial charge in [0.1, 0.15) is 5.76 Å². The van der Waals surface area contributed by atoms with Crippen molar-refractivity contribution in [3.05, 3.63) is 59.0 Å². The maximum atomic E-state index is 10.4. The van der Waals surface area contributed by atoms with Crippen molar-refractivity contribution in [3.8, 4) is 0 Å². The van der Waals surface area contributed by atoms with E-state index in [1.807, 2.05) is 24.3 Å². The molecule has 16 heavy (non-hydrogen) atoms. The molecule has 0 fully saturated rings. The number of halogens is 1. The molecule has 1 atom stereocenters. The minimum Gasteiger partial charge on any atom is -0.469 e. The lowest BCUT2D eigenvalue weighted by Gasteiger charge is -2.23. The highest BCUT2D eigenvalue weighted by molar-refractivity contribution is 6.31. The molecule has 0 spiro atoms. The minimum atomic E-state index is -1.02. The van der Waals surface area contributed by atoms with Gasteiger partial charge in [0.15, 0.2) is 0 Å². The Morgan fingerprint density at radius 1 is 1.25 bits per heavy atom. The van der Waals surface area contributed by atoms with E-state index < -0.39 is 5.60 Å². The van der Waals surface area contributed by atoms with Gasteiger partial charge in [-0.1, -0.05) is 29.8 Å². The summed E-state index contributed by atoms with van der Waals surface area (Å²) in [6, 6.07) is 10.9. The molecule has 0 amide bonds. The lowest BCUT2D eigenvalue weighted by atomic mass is 9.91. The van der Waals surface area contributed by atoms with Crippen LogP contribution >= 0.6 is 11.6 Å². The van der Waals surface area contributed by atoms with Gasteiger partial charge in [-0.25, -0.2) is 0 Å². The lowest BCUT2D eigenvalue weighted by Crippen LogP contribution is -2.24. The van der Waals surface area contributed by atoms with Crippen LogP contribution in [0.15, 0.2) is 47.1 Å². The highest BCUT2D eigenvalue weighted by Gasteiger charge is 2.26. The highest BCUT2D eigenvalue weighted by Crippen LogP contribution is 2.30. The largest absolute Gasteiger partial charge is 0.469 e. The van der Waals surface area contributed by atoms with Crippen molar-refractivity contribution in [2.75, 3.05) is 0 Å². The molecule has 2 aromatic rings. The second-order valence-corrected chi connectivity index (χ2v) is 4.42. The van der Waals surface area contributed by atoms with Crippen molar-refractivity contribution in [1.82, 2.24) is 0 Å². The Hall–Kier alpha value is -1.25. The second kappa shape index (κ2) is 4.32. The van der Waals surface area contributed by atoms with Crippen LogP contribution in [0, 0.1) is 0 Å². The van der Waals surface area contributed by atoms with Crippen molar-refractivity contribution in [2.24, 2.45) is 0 Å². The summed E-state index contributed by atoms with van der Waals surface area (Å²) >= 11 is 6.06. The molecule has 0 aliphatic carbocycles. The summed E-state index contributed by atoms with van der Waals surface area (Å²) in [5.41, 5.74) is -0.302. The smallest absolute Gasteiger partial charge is 0.106 e. The van der Waals surface area contributed by atoms with Crippen LogP contribution in [0.1, 0.15) is 18.2 Å². The maximum absolute atomic E-state index is 10.4. The first-order chi connectivity index (χ1) is 7.59. The molecule has 0 saturated heterocycles. The summed E-state index contributed by atoms with van der Waals surface area (Å²) in [6.45, 7) is 1.73. The number of furan rings is 1. The Morgan fingerprint density at radius 2 is 2.00 bits per heavy atom. The normalized spacial score (nSPS) is 14.7. The Bertz CT molecular complexity index is 461. The third-order valence-corrected chi connectivity index (χ3v) is 2.88. The Morgan fingerprint density at radius 3 is 2.62 bits per heavy atom. The van der Waals surface area contributed by atoms with E-state index in [0.717, 1.165) is 5.76 Å². The molecule has 1 aromatic heterocycles. The topological polar surface area (TPSA) is 33.4 Å². The molecular formula is C13H13ClO2. The van der Waals surface area contributed by atoms with E-state index in [1.54, 1.807) is 25.3 Å². The van der Waals surface area contributed by atoms with Gasteiger partial charge in [-0.05, 0) is 25.1 Å². The average molecular weight is 237 g/mol. The molecule has 1 N–H and O–H groups in total. The average Bonchev–Trinajstić information content (AvgIpc) is 2.70. The fourth-order valence-electron chi connectivity index (χ4n) is 1.75. The molecule has 0 radical (unpaired) electrons. The van der Waals surface area contributed by atoms with Crippen LogP contribution in [0.5, 0.6) is 0 Å². The standard InChI is InChI=1S/C13H13ClO2/c1-13(15,9-10-5-4-8-16-10)11-6-2-3-7-12(11)14/h2-8,15H,9H2,1H3. The van der Waals surface area contributed by atoms with Crippen molar-refractivity contribution in [3.63, 3.8) is 0 Å². The lowest BCUT2D eigenvalue weighted by molar-refractivity contribution is 0.0522. The third-order valence-electron chi connectivity index (χ3n) is 2.55. The Balaban J connectivity index is 2.28. The molecule has 0 aliphatic heterocycles. The molecule has 2 rings (SSSR count). The zero-order chi connectivity index (χ0) is 11.6. The van der Waals surface area contributed by atoms with Crippen LogP contribution in [0.2, 0.25) is 5.02 Å². The fraction of sp³-hybridized carbons (Fsp3) is 0.231. The summed E-state index contributed by atoms with van der Waals surface area (Å²) < 4.78 is 5.23. The summed E-state index contributed by atoms with van der Waals surface area (Å²) in [5, 5.41) is 11.0. The fourth-order valence-corrected chi connectivity index (χ4v) is 2.08. The quantitative estimate of drug-likeness (QED) is 0.886. The van der Waals surface area contributed by atoms with E-state index in [-0.39, 0.29) is 0 Å². The van der Waals surface area contributed by atoms with E-state index in [4.69, 9.17) is 16.0 Å². The van der Waals surface area contributed by atoms with Gasteiger partial charge in [-0.3, -0.25) is 0 Å². The number of hydrogen-bond donors (Lipinski definition) is 1. The minimum absolute atomic E-state index is 0.406. The van der Waals surface area contributed by atoms with Crippen LogP contribution < -0.4 is 0 Å². The van der Waals surface area contributed by atoms with E-state index in [9.17, 15) is 5.11 Å². The zero-order valence-corrected chi connectivity index (χ0v) is 9.74. The molecular weight excluding hydrogens is 224 g/mol. The summed E-state index contributed by atoms with van der Waals surface area (Å²) in [7, 11) is 0. The van der Waals surface area contributed by atoms with Crippen molar-refractivity contribution in [1.29, 1.82) is 0 Å². The molecule has 1 heterocycles. The van der Waals surface area contributed by atoms with Crippen molar-refractivity contribution in [2.45, 2.75) is 18.9 Å². The SMILES string of the molecule is CC(O)(Cc1ccco1)c1ccccc1Cl. The first-order valence-corrected chi connectivity index (χ1v) is 5.47. The van der Waals surface area contributed by atoms with Gasteiger partial charge >= 0.3 is 0 Å². The van der Waals surface area contributed by atoms with Crippen LogP contribution in [-0.4, -0.2) is 5.11 Å². The van der Waals surface area contributed by atoms with E-state index in [1.165, 1.54) is 0 Å². The molecule has 0 bridgehead atoms. The molecule has 0 saturated carbocycles. The van der Waals surface area contributed by atoms with Gasteiger partial charge in [-0.15, -0.1) is 0 Å². The maximum Gasteiger partial charge on any atom is 0.106 e. The molecule has 1 unspecified atom stereocenters. The van der Waals surface area contributed by atoms with Gasteiger partial charge in [0, 0.05) is 17.0 Å². The molecule has 2 nitrogen and oxygen atoms in total. The van der Waals surface area contributed by atoms with Gasteiger partial charge in [0.25, 0.3) is 0 Å². The van der Waals surface area contributed by atoms with Crippen LogP contribution in [-0.2, 0) is 12.0 Å². The van der Waals surface area contributed by atoms with Crippen LogP contribution in [0.4, 0.5) is 0 Å². The number of benzene rings is 1. The molecule has 1 aromatic carbocycles. The molecule has 3 heteroatoms. The van der Waals surface area contributed by atoms with Gasteiger partial charge in [0.05, 0.1) is 11.9 Å². The zero-order valence-electron chi connectivity index (χ0n) is 8.98. The van der Waals surface area contributed by atoms with Crippen molar-refractivity contribution >= 4 is 11.6 Å². The van der Waals surface area contributed by atoms with Gasteiger partial charge in [0.2, 0.25) is 0 Å². The summed E-state index contributed by atoms with van der Waals surface area (Å²) in [6.07, 6.45) is 2.00. The Labute approximate surface area is 99.5 Å². The van der Waals surface area contributed by atoms with E-state index in [2.05, 4.69) is 0 Å². The summed E-state index contributed by atoms with van der Waals surface area (Å²) in [4.78, 5) is 0. The molecule has 84 valence electrons. The summed E-state index contributed by atoms with van der Waals surface area (Å²) in [5.74, 6) is 0.741.